The average molecular weight is 293 g/mol. The topological polar surface area (TPSA) is 51.0 Å². The highest BCUT2D eigenvalue weighted by Gasteiger charge is 2.38. The Morgan fingerprint density at radius 1 is 1.24 bits per heavy atom. The van der Waals surface area contributed by atoms with Crippen LogP contribution in [-0.2, 0) is 6.42 Å². The molecule has 1 fully saturated rings. The maximum Gasteiger partial charge on any atom is 0.316 e. The standard InChI is InChI=1S/C15H17F2N3O/c1-10-3-5-11(6-4-10)9-15(7-2-8-15)18-14-20-19-13(21-14)12(16)17/h3-6,12H,2,7-9H2,1H3,(H,18,20). The van der Waals surface area contributed by atoms with Gasteiger partial charge in [-0.25, -0.2) is 0 Å². The van der Waals surface area contributed by atoms with Crippen molar-refractivity contribution in [3.8, 4) is 0 Å². The Bertz CT molecular complexity index is 606. The summed E-state index contributed by atoms with van der Waals surface area (Å²) in [6.45, 7) is 2.05. The molecule has 1 aliphatic rings. The monoisotopic (exact) mass is 293 g/mol. The fourth-order valence-electron chi connectivity index (χ4n) is 2.65. The van der Waals surface area contributed by atoms with Gasteiger partial charge < -0.3 is 9.73 Å². The fourth-order valence-corrected chi connectivity index (χ4v) is 2.65. The van der Waals surface area contributed by atoms with E-state index in [0.29, 0.717) is 0 Å². The predicted molar refractivity (Wildman–Crippen MR) is 74.3 cm³/mol. The van der Waals surface area contributed by atoms with Crippen LogP contribution in [0.15, 0.2) is 28.7 Å². The second kappa shape index (κ2) is 5.42. The Hall–Kier alpha value is -1.98. The quantitative estimate of drug-likeness (QED) is 0.908. The largest absolute Gasteiger partial charge is 0.402 e. The lowest BCUT2D eigenvalue weighted by atomic mass is 9.73. The van der Waals surface area contributed by atoms with Gasteiger partial charge in [-0.15, -0.1) is 5.10 Å². The molecule has 0 saturated heterocycles. The summed E-state index contributed by atoms with van der Waals surface area (Å²) in [6, 6.07) is 8.41. The highest BCUT2D eigenvalue weighted by atomic mass is 19.3. The number of rotatable bonds is 5. The molecular weight excluding hydrogens is 276 g/mol. The van der Waals surface area contributed by atoms with E-state index in [9.17, 15) is 8.78 Å². The molecule has 1 N–H and O–H groups in total. The van der Waals surface area contributed by atoms with E-state index in [1.54, 1.807) is 0 Å². The highest BCUT2D eigenvalue weighted by molar-refractivity contribution is 5.31. The zero-order chi connectivity index (χ0) is 14.9. The summed E-state index contributed by atoms with van der Waals surface area (Å²) in [6.07, 6.45) is 1.12. The maximum atomic E-state index is 12.5. The lowest BCUT2D eigenvalue weighted by Gasteiger charge is -2.42. The molecule has 0 atom stereocenters. The second-order valence-corrected chi connectivity index (χ2v) is 5.67. The number of hydrogen-bond donors (Lipinski definition) is 1. The van der Waals surface area contributed by atoms with Gasteiger partial charge in [0, 0.05) is 5.54 Å². The number of anilines is 1. The zero-order valence-corrected chi connectivity index (χ0v) is 11.8. The van der Waals surface area contributed by atoms with Crippen LogP contribution in [0.25, 0.3) is 0 Å². The van der Waals surface area contributed by atoms with Gasteiger partial charge >= 0.3 is 12.4 Å². The number of hydrogen-bond acceptors (Lipinski definition) is 4. The van der Waals surface area contributed by atoms with E-state index in [2.05, 4.69) is 39.8 Å². The Balaban J connectivity index is 1.72. The number of nitrogens with one attached hydrogen (secondary N) is 1. The summed E-state index contributed by atoms with van der Waals surface area (Å²) >= 11 is 0. The molecule has 0 unspecified atom stereocenters. The van der Waals surface area contributed by atoms with Gasteiger partial charge in [0.25, 0.3) is 5.89 Å². The molecule has 1 aromatic heterocycles. The van der Waals surface area contributed by atoms with Gasteiger partial charge in [0.05, 0.1) is 0 Å². The molecule has 0 bridgehead atoms. The van der Waals surface area contributed by atoms with Crippen LogP contribution in [0.2, 0.25) is 0 Å². The van der Waals surface area contributed by atoms with Crippen LogP contribution in [0.5, 0.6) is 0 Å². The van der Waals surface area contributed by atoms with Crippen molar-refractivity contribution in [2.45, 2.75) is 44.6 Å². The van der Waals surface area contributed by atoms with Gasteiger partial charge in [-0.2, -0.15) is 8.78 Å². The van der Waals surface area contributed by atoms with E-state index in [0.717, 1.165) is 25.7 Å². The molecule has 3 rings (SSSR count). The molecule has 1 aliphatic carbocycles. The summed E-state index contributed by atoms with van der Waals surface area (Å²) in [5.74, 6) is -0.637. The van der Waals surface area contributed by atoms with Crippen molar-refractivity contribution in [3.05, 3.63) is 41.3 Å². The van der Waals surface area contributed by atoms with Crippen molar-refractivity contribution in [2.24, 2.45) is 0 Å². The van der Waals surface area contributed by atoms with Crippen LogP contribution in [0, 0.1) is 6.92 Å². The number of alkyl halides is 2. The van der Waals surface area contributed by atoms with Crippen LogP contribution in [0.3, 0.4) is 0 Å². The normalized spacial score (nSPS) is 16.8. The van der Waals surface area contributed by atoms with Crippen LogP contribution in [-0.4, -0.2) is 15.7 Å². The number of halogens is 2. The van der Waals surface area contributed by atoms with Crippen LogP contribution < -0.4 is 5.32 Å². The van der Waals surface area contributed by atoms with E-state index in [4.69, 9.17) is 4.42 Å². The number of benzene rings is 1. The first-order valence-corrected chi connectivity index (χ1v) is 7.02. The lowest BCUT2D eigenvalue weighted by molar-refractivity contribution is 0.115. The average Bonchev–Trinajstić information content (AvgIpc) is 2.87. The Morgan fingerprint density at radius 2 is 1.95 bits per heavy atom. The van der Waals surface area contributed by atoms with Crippen molar-refractivity contribution in [2.75, 3.05) is 5.32 Å². The minimum atomic E-state index is -2.73. The lowest BCUT2D eigenvalue weighted by Crippen LogP contribution is -2.47. The molecule has 0 amide bonds. The molecule has 4 nitrogen and oxygen atoms in total. The Labute approximate surface area is 121 Å². The number of aromatic nitrogens is 2. The van der Waals surface area contributed by atoms with Crippen molar-refractivity contribution in [1.82, 2.24) is 10.2 Å². The summed E-state index contributed by atoms with van der Waals surface area (Å²) in [5.41, 5.74) is 2.26. The van der Waals surface area contributed by atoms with Gasteiger partial charge in [-0.3, -0.25) is 0 Å². The van der Waals surface area contributed by atoms with Crippen LogP contribution in [0.1, 0.15) is 42.7 Å². The van der Waals surface area contributed by atoms with Gasteiger partial charge in [-0.05, 0) is 38.2 Å². The summed E-state index contributed by atoms with van der Waals surface area (Å²) in [7, 11) is 0. The van der Waals surface area contributed by atoms with Crippen molar-refractivity contribution in [1.29, 1.82) is 0 Å². The van der Waals surface area contributed by atoms with Gasteiger partial charge in [0.15, 0.2) is 0 Å². The van der Waals surface area contributed by atoms with E-state index < -0.39 is 12.3 Å². The molecule has 1 heterocycles. The summed E-state index contributed by atoms with van der Waals surface area (Å²) in [4.78, 5) is 0. The number of nitrogens with zero attached hydrogens (tertiary/aromatic N) is 2. The number of aryl methyl sites for hydroxylation is 1. The molecule has 0 aliphatic heterocycles. The summed E-state index contributed by atoms with van der Waals surface area (Å²) < 4.78 is 29.9. The summed E-state index contributed by atoms with van der Waals surface area (Å²) in [5, 5.41) is 10.2. The molecule has 1 saturated carbocycles. The first kappa shape index (κ1) is 14.0. The molecule has 2 aromatic rings. The highest BCUT2D eigenvalue weighted by Crippen LogP contribution is 2.38. The van der Waals surface area contributed by atoms with Crippen molar-refractivity contribution in [3.63, 3.8) is 0 Å². The zero-order valence-electron chi connectivity index (χ0n) is 11.8. The SMILES string of the molecule is Cc1ccc(CC2(Nc3nnc(C(F)F)o3)CCC2)cc1. The first-order valence-electron chi connectivity index (χ1n) is 7.02. The van der Waals surface area contributed by atoms with Crippen LogP contribution >= 0.6 is 0 Å². The van der Waals surface area contributed by atoms with Gasteiger partial charge in [0.2, 0.25) is 0 Å². The smallest absolute Gasteiger partial charge is 0.316 e. The molecule has 1 aromatic carbocycles. The van der Waals surface area contributed by atoms with Crippen molar-refractivity contribution >= 4 is 6.01 Å². The van der Waals surface area contributed by atoms with E-state index in [1.165, 1.54) is 11.1 Å². The minimum absolute atomic E-state index is 0.0807. The third-order valence-electron chi connectivity index (χ3n) is 3.97. The molecule has 0 radical (unpaired) electrons. The Kier molecular flexibility index (Phi) is 3.61. The van der Waals surface area contributed by atoms with E-state index in [1.807, 2.05) is 6.92 Å². The van der Waals surface area contributed by atoms with Gasteiger partial charge in [-0.1, -0.05) is 34.9 Å². The first-order chi connectivity index (χ1) is 10.1. The molecule has 0 spiro atoms. The maximum absolute atomic E-state index is 12.5. The molecule has 112 valence electrons. The molecular formula is C15H17F2N3O. The van der Waals surface area contributed by atoms with Crippen molar-refractivity contribution < 1.29 is 13.2 Å². The fraction of sp³-hybridized carbons (Fsp3) is 0.467. The van der Waals surface area contributed by atoms with E-state index in [-0.39, 0.29) is 11.6 Å². The molecule has 21 heavy (non-hydrogen) atoms. The second-order valence-electron chi connectivity index (χ2n) is 5.67. The minimum Gasteiger partial charge on any atom is -0.402 e. The predicted octanol–water partition coefficient (Wildman–Crippen LogP) is 3.89. The van der Waals surface area contributed by atoms with Gasteiger partial charge in [0.1, 0.15) is 0 Å². The molecule has 6 heteroatoms. The van der Waals surface area contributed by atoms with E-state index >= 15 is 0 Å². The van der Waals surface area contributed by atoms with Crippen LogP contribution in [0.4, 0.5) is 14.8 Å². The third-order valence-corrected chi connectivity index (χ3v) is 3.97. The third kappa shape index (κ3) is 3.04. The Morgan fingerprint density at radius 3 is 2.48 bits per heavy atom.